The second-order valence-corrected chi connectivity index (χ2v) is 10.2. The molecule has 1 saturated heterocycles. The molecule has 7 heteroatoms. The zero-order chi connectivity index (χ0) is 15.8. The molecule has 2 rings (SSSR count). The molecule has 0 atom stereocenters. The third kappa shape index (κ3) is 3.99. The predicted molar refractivity (Wildman–Crippen MR) is 85.4 cm³/mol. The van der Waals surface area contributed by atoms with Crippen LogP contribution in [0.3, 0.4) is 0 Å². The van der Waals surface area contributed by atoms with Gasteiger partial charge in [-0.15, -0.1) is 11.3 Å². The maximum absolute atomic E-state index is 12.4. The molecule has 21 heavy (non-hydrogen) atoms. The summed E-state index contributed by atoms with van der Waals surface area (Å²) in [6.07, 6.45) is 1.97. The van der Waals surface area contributed by atoms with E-state index in [1.165, 1.54) is 6.07 Å². The highest BCUT2D eigenvalue weighted by molar-refractivity contribution is 8.15. The second-order valence-electron chi connectivity index (χ2n) is 6.52. The molecule has 1 aliphatic heterocycles. The number of carbonyl (C=O) groups excluding carboxylic acids is 1. The van der Waals surface area contributed by atoms with Crippen LogP contribution >= 0.6 is 22.0 Å². The fraction of sp³-hybridized carbons (Fsp3) is 0.643. The minimum atomic E-state index is -3.75. The van der Waals surface area contributed by atoms with Gasteiger partial charge in [-0.2, -0.15) is 0 Å². The van der Waals surface area contributed by atoms with Gasteiger partial charge in [0.15, 0.2) is 0 Å². The van der Waals surface area contributed by atoms with E-state index in [1.807, 2.05) is 0 Å². The van der Waals surface area contributed by atoms with Gasteiger partial charge >= 0.3 is 0 Å². The van der Waals surface area contributed by atoms with Gasteiger partial charge in [0.05, 0.1) is 5.56 Å². The Morgan fingerprint density at radius 2 is 1.90 bits per heavy atom. The molecular weight excluding hydrogens is 330 g/mol. The van der Waals surface area contributed by atoms with E-state index in [2.05, 4.69) is 20.8 Å². The van der Waals surface area contributed by atoms with Crippen molar-refractivity contribution in [1.82, 2.24) is 4.90 Å². The lowest BCUT2D eigenvalue weighted by atomic mass is 9.75. The number of thiophene rings is 1. The quantitative estimate of drug-likeness (QED) is 0.767. The van der Waals surface area contributed by atoms with Gasteiger partial charge < -0.3 is 4.90 Å². The van der Waals surface area contributed by atoms with Crippen LogP contribution in [-0.4, -0.2) is 32.3 Å². The standard InChI is InChI=1S/C14H20ClNO3S2/c1-14(2,3)11-4-6-16(7-5-11)13(17)10-8-12(20-9-10)21(15,18)19/h8-9,11H,4-7H2,1-3H3. The van der Waals surface area contributed by atoms with Crippen LogP contribution in [0.2, 0.25) is 0 Å². The van der Waals surface area contributed by atoms with Gasteiger partial charge in [-0.25, -0.2) is 8.42 Å². The first-order valence-corrected chi connectivity index (χ1v) is 10.1. The van der Waals surface area contributed by atoms with Crippen LogP contribution in [0.5, 0.6) is 0 Å². The second kappa shape index (κ2) is 5.89. The molecule has 0 spiro atoms. The van der Waals surface area contributed by atoms with Crippen LogP contribution in [0.1, 0.15) is 44.0 Å². The van der Waals surface area contributed by atoms with E-state index in [0.717, 1.165) is 37.3 Å². The molecule has 118 valence electrons. The zero-order valence-corrected chi connectivity index (χ0v) is 14.8. The highest BCUT2D eigenvalue weighted by atomic mass is 35.7. The molecule has 1 aliphatic rings. The van der Waals surface area contributed by atoms with E-state index < -0.39 is 9.05 Å². The van der Waals surface area contributed by atoms with Gasteiger partial charge in [-0.1, -0.05) is 20.8 Å². The van der Waals surface area contributed by atoms with Crippen LogP contribution < -0.4 is 0 Å². The Balaban J connectivity index is 2.04. The summed E-state index contributed by atoms with van der Waals surface area (Å²) in [5.74, 6) is 0.507. The molecule has 0 bridgehead atoms. The summed E-state index contributed by atoms with van der Waals surface area (Å²) in [4.78, 5) is 14.2. The van der Waals surface area contributed by atoms with Gasteiger partial charge in [0.25, 0.3) is 15.0 Å². The summed E-state index contributed by atoms with van der Waals surface area (Å²) in [5.41, 5.74) is 0.672. The lowest BCUT2D eigenvalue weighted by Gasteiger charge is -2.38. The monoisotopic (exact) mass is 349 g/mol. The van der Waals surface area contributed by atoms with Crippen molar-refractivity contribution in [1.29, 1.82) is 0 Å². The van der Waals surface area contributed by atoms with Gasteiger partial charge in [-0.05, 0) is 30.2 Å². The molecule has 1 aromatic heterocycles. The zero-order valence-electron chi connectivity index (χ0n) is 12.4. The smallest absolute Gasteiger partial charge is 0.270 e. The van der Waals surface area contributed by atoms with E-state index in [-0.39, 0.29) is 15.5 Å². The van der Waals surface area contributed by atoms with Crippen molar-refractivity contribution in [3.05, 3.63) is 17.0 Å². The SMILES string of the molecule is CC(C)(C)C1CCN(C(=O)c2csc(S(=O)(=O)Cl)c2)CC1. The van der Waals surface area contributed by atoms with Crippen molar-refractivity contribution in [2.45, 2.75) is 37.8 Å². The summed E-state index contributed by atoms with van der Waals surface area (Å²) in [5, 5.41) is 1.56. The number of likely N-dealkylation sites (tertiary alicyclic amines) is 1. The Labute approximate surface area is 134 Å². The number of hydrogen-bond donors (Lipinski definition) is 0. The molecule has 0 aromatic carbocycles. The summed E-state index contributed by atoms with van der Waals surface area (Å²) in [7, 11) is 1.54. The number of halogens is 1. The molecule has 0 N–H and O–H groups in total. The topological polar surface area (TPSA) is 54.5 Å². The van der Waals surface area contributed by atoms with Crippen molar-refractivity contribution in [3.63, 3.8) is 0 Å². The lowest BCUT2D eigenvalue weighted by molar-refractivity contribution is 0.0609. The Bertz CT molecular complexity index is 623. The first kappa shape index (κ1) is 16.8. The molecule has 0 saturated carbocycles. The Kier molecular flexibility index (Phi) is 4.71. The first-order chi connectivity index (χ1) is 9.59. The molecule has 0 unspecified atom stereocenters. The van der Waals surface area contributed by atoms with Crippen molar-refractivity contribution in [2.24, 2.45) is 11.3 Å². The molecule has 4 nitrogen and oxygen atoms in total. The van der Waals surface area contributed by atoms with Crippen LogP contribution in [0.4, 0.5) is 0 Å². The number of rotatable bonds is 2. The van der Waals surface area contributed by atoms with E-state index >= 15 is 0 Å². The van der Waals surface area contributed by atoms with Crippen LogP contribution in [0.15, 0.2) is 15.7 Å². The molecule has 0 aliphatic carbocycles. The number of carbonyl (C=O) groups is 1. The van der Waals surface area contributed by atoms with E-state index in [9.17, 15) is 13.2 Å². The van der Waals surface area contributed by atoms with Gasteiger partial charge in [-0.3, -0.25) is 4.79 Å². The van der Waals surface area contributed by atoms with E-state index in [4.69, 9.17) is 10.7 Å². The average molecular weight is 350 g/mol. The van der Waals surface area contributed by atoms with Crippen LogP contribution in [0.25, 0.3) is 0 Å². The van der Waals surface area contributed by atoms with Gasteiger partial charge in [0, 0.05) is 29.2 Å². The van der Waals surface area contributed by atoms with Gasteiger partial charge in [0.1, 0.15) is 4.21 Å². The summed E-state index contributed by atoms with van der Waals surface area (Å²) in [6, 6.07) is 1.37. The fourth-order valence-corrected chi connectivity index (χ4v) is 4.63. The predicted octanol–water partition coefficient (Wildman–Crippen LogP) is 3.57. The minimum absolute atomic E-state index is 0.0251. The third-order valence-corrected chi connectivity index (χ3v) is 7.11. The largest absolute Gasteiger partial charge is 0.339 e. The number of nitrogens with zero attached hydrogens (tertiary/aromatic N) is 1. The summed E-state index contributed by atoms with van der Waals surface area (Å²) < 4.78 is 22.5. The van der Waals surface area contributed by atoms with Crippen molar-refractivity contribution < 1.29 is 13.2 Å². The third-order valence-electron chi connectivity index (χ3n) is 4.07. The molecule has 0 radical (unpaired) electrons. The Morgan fingerprint density at radius 1 is 1.33 bits per heavy atom. The van der Waals surface area contributed by atoms with Crippen LogP contribution in [-0.2, 0) is 9.05 Å². The van der Waals surface area contributed by atoms with Crippen LogP contribution in [0, 0.1) is 11.3 Å². The van der Waals surface area contributed by atoms with E-state index in [0.29, 0.717) is 11.5 Å². The molecule has 1 aromatic rings. The van der Waals surface area contributed by atoms with Crippen molar-refractivity contribution in [3.8, 4) is 0 Å². The normalized spacial score (nSPS) is 18.0. The molecule has 2 heterocycles. The molecule has 1 amide bonds. The Hall–Kier alpha value is -0.590. The average Bonchev–Trinajstić information content (AvgIpc) is 2.86. The van der Waals surface area contributed by atoms with Crippen molar-refractivity contribution in [2.75, 3.05) is 13.1 Å². The Morgan fingerprint density at radius 3 is 2.33 bits per heavy atom. The number of amides is 1. The van der Waals surface area contributed by atoms with E-state index in [1.54, 1.807) is 10.3 Å². The molecule has 1 fully saturated rings. The fourth-order valence-electron chi connectivity index (χ4n) is 2.69. The number of piperidine rings is 1. The highest BCUT2D eigenvalue weighted by Gasteiger charge is 2.31. The maximum Gasteiger partial charge on any atom is 0.270 e. The maximum atomic E-state index is 12.4. The highest BCUT2D eigenvalue weighted by Crippen LogP contribution is 2.35. The number of hydrogen-bond acceptors (Lipinski definition) is 4. The lowest BCUT2D eigenvalue weighted by Crippen LogP contribution is -2.41. The molecular formula is C14H20ClNO3S2. The van der Waals surface area contributed by atoms with Gasteiger partial charge in [0.2, 0.25) is 0 Å². The summed E-state index contributed by atoms with van der Waals surface area (Å²) >= 11 is 0.986. The first-order valence-electron chi connectivity index (χ1n) is 6.91. The minimum Gasteiger partial charge on any atom is -0.339 e. The van der Waals surface area contributed by atoms with Crippen molar-refractivity contribution >= 4 is 37.0 Å². The summed E-state index contributed by atoms with van der Waals surface area (Å²) in [6.45, 7) is 8.13.